The van der Waals surface area contributed by atoms with Crippen LogP contribution in [0.4, 0.5) is 0 Å². The van der Waals surface area contributed by atoms with E-state index in [2.05, 4.69) is 16.0 Å². The molecule has 0 aliphatic carbocycles. The molecule has 2 amide bonds. The number of hydrogen-bond acceptors (Lipinski definition) is 4. The fourth-order valence-corrected chi connectivity index (χ4v) is 4.14. The Balaban J connectivity index is 0.00000280. The molecule has 1 fully saturated rings. The van der Waals surface area contributed by atoms with Gasteiger partial charge in [0.1, 0.15) is 0 Å². The van der Waals surface area contributed by atoms with Crippen molar-refractivity contribution >= 4 is 35.6 Å². The lowest BCUT2D eigenvalue weighted by atomic mass is 10.1. The second kappa shape index (κ2) is 11.2. The Kier molecular flexibility index (Phi) is 8.96. The fraction of sp³-hybridized carbons (Fsp3) is 0.429. The molecule has 5 nitrogen and oxygen atoms in total. The largest absolute Gasteiger partial charge is 0.352 e. The van der Waals surface area contributed by atoms with E-state index in [4.69, 9.17) is 0 Å². The molecule has 1 aromatic carbocycles. The second-order valence-electron chi connectivity index (χ2n) is 6.84. The van der Waals surface area contributed by atoms with E-state index < -0.39 is 0 Å². The van der Waals surface area contributed by atoms with Crippen molar-refractivity contribution in [2.24, 2.45) is 0 Å². The minimum absolute atomic E-state index is 0. The van der Waals surface area contributed by atoms with Crippen LogP contribution < -0.4 is 16.0 Å². The van der Waals surface area contributed by atoms with Gasteiger partial charge in [0, 0.05) is 29.6 Å². The molecule has 2 heterocycles. The Bertz CT molecular complexity index is 787. The minimum atomic E-state index is -0.0488. The molecule has 28 heavy (non-hydrogen) atoms. The summed E-state index contributed by atoms with van der Waals surface area (Å²) in [6, 6.07) is 11.9. The van der Waals surface area contributed by atoms with E-state index in [1.807, 2.05) is 43.3 Å². The molecule has 1 atom stereocenters. The van der Waals surface area contributed by atoms with Crippen LogP contribution in [0.15, 0.2) is 36.4 Å². The Morgan fingerprint density at radius 2 is 1.96 bits per heavy atom. The highest BCUT2D eigenvalue weighted by molar-refractivity contribution is 7.17. The first-order valence-electron chi connectivity index (χ1n) is 9.67. The molecule has 7 heteroatoms. The van der Waals surface area contributed by atoms with Crippen LogP contribution in [0.2, 0.25) is 0 Å². The maximum Gasteiger partial charge on any atom is 0.261 e. The normalized spacial score (nSPS) is 15.7. The van der Waals surface area contributed by atoms with Crippen LogP contribution >= 0.6 is 23.7 Å². The summed E-state index contributed by atoms with van der Waals surface area (Å²) in [6.07, 6.45) is 4.29. The van der Waals surface area contributed by atoms with Crippen molar-refractivity contribution in [1.29, 1.82) is 0 Å². The zero-order valence-corrected chi connectivity index (χ0v) is 17.8. The van der Waals surface area contributed by atoms with E-state index in [1.54, 1.807) is 0 Å². The van der Waals surface area contributed by atoms with Crippen LogP contribution in [0, 0.1) is 0 Å². The Labute approximate surface area is 176 Å². The maximum atomic E-state index is 12.4. The van der Waals surface area contributed by atoms with Gasteiger partial charge in [-0.3, -0.25) is 9.59 Å². The maximum absolute atomic E-state index is 12.4. The zero-order valence-electron chi connectivity index (χ0n) is 16.1. The van der Waals surface area contributed by atoms with Crippen molar-refractivity contribution in [1.82, 2.24) is 16.0 Å². The molecule has 3 N–H and O–H groups in total. The summed E-state index contributed by atoms with van der Waals surface area (Å²) < 4.78 is 0. The summed E-state index contributed by atoms with van der Waals surface area (Å²) in [4.78, 5) is 26.2. The third-order valence-corrected chi connectivity index (χ3v) is 5.85. The number of carbonyl (C=O) groups excluding carboxylic acids is 2. The predicted molar refractivity (Wildman–Crippen MR) is 118 cm³/mol. The van der Waals surface area contributed by atoms with E-state index in [0.29, 0.717) is 29.6 Å². The van der Waals surface area contributed by atoms with E-state index >= 15 is 0 Å². The molecule has 1 aliphatic heterocycles. The number of benzene rings is 1. The number of thiophene rings is 1. The number of halogens is 1. The van der Waals surface area contributed by atoms with Crippen molar-refractivity contribution in [2.75, 3.05) is 19.6 Å². The van der Waals surface area contributed by atoms with Crippen LogP contribution in [0.1, 0.15) is 52.6 Å². The highest BCUT2D eigenvalue weighted by Gasteiger charge is 2.15. The summed E-state index contributed by atoms with van der Waals surface area (Å²) in [6.45, 7) is 4.47. The molecular weight excluding hydrogens is 394 g/mol. The monoisotopic (exact) mass is 421 g/mol. The van der Waals surface area contributed by atoms with Gasteiger partial charge in [0.2, 0.25) is 0 Å². The van der Waals surface area contributed by atoms with Gasteiger partial charge in [-0.2, -0.15) is 0 Å². The van der Waals surface area contributed by atoms with Crippen molar-refractivity contribution in [2.45, 2.75) is 38.6 Å². The fourth-order valence-electron chi connectivity index (χ4n) is 3.22. The standard InChI is InChI=1S/C21H27N3O2S.ClH/c1-2-11-23-21(26)19-9-8-18(27-19)15-5-3-6-16(14-15)20(25)24-13-10-17-7-4-12-22-17;/h3,5-6,8-9,14,17,22H,2,4,7,10-13H2,1H3,(H,23,26)(H,24,25);1H/t17-;/m1./s1. The minimum Gasteiger partial charge on any atom is -0.352 e. The van der Waals surface area contributed by atoms with Crippen molar-refractivity contribution < 1.29 is 9.59 Å². The van der Waals surface area contributed by atoms with Gasteiger partial charge >= 0.3 is 0 Å². The Hall–Kier alpha value is -1.89. The zero-order chi connectivity index (χ0) is 19.1. The van der Waals surface area contributed by atoms with Crippen molar-refractivity contribution in [3.63, 3.8) is 0 Å². The summed E-state index contributed by atoms with van der Waals surface area (Å²) >= 11 is 1.45. The average Bonchev–Trinajstić information content (AvgIpc) is 3.38. The van der Waals surface area contributed by atoms with Crippen LogP contribution in [-0.4, -0.2) is 37.5 Å². The number of hydrogen-bond donors (Lipinski definition) is 3. The van der Waals surface area contributed by atoms with E-state index in [-0.39, 0.29) is 24.2 Å². The molecule has 0 saturated carbocycles. The molecule has 3 rings (SSSR count). The lowest BCUT2D eigenvalue weighted by Crippen LogP contribution is -2.30. The molecule has 1 aliphatic rings. The van der Waals surface area contributed by atoms with E-state index in [9.17, 15) is 9.59 Å². The van der Waals surface area contributed by atoms with Gasteiger partial charge in [-0.25, -0.2) is 0 Å². The van der Waals surface area contributed by atoms with E-state index in [1.165, 1.54) is 24.2 Å². The van der Waals surface area contributed by atoms with Gasteiger partial charge in [-0.1, -0.05) is 19.1 Å². The molecule has 0 radical (unpaired) electrons. The molecular formula is C21H28ClN3O2S. The number of amides is 2. The Morgan fingerprint density at radius 1 is 1.14 bits per heavy atom. The van der Waals surface area contributed by atoms with Crippen LogP contribution in [0.25, 0.3) is 10.4 Å². The van der Waals surface area contributed by atoms with Crippen molar-refractivity contribution in [3.8, 4) is 10.4 Å². The first-order valence-corrected chi connectivity index (χ1v) is 10.5. The summed E-state index contributed by atoms with van der Waals surface area (Å²) in [7, 11) is 0. The lowest BCUT2D eigenvalue weighted by Gasteiger charge is -2.11. The highest BCUT2D eigenvalue weighted by atomic mass is 35.5. The smallest absolute Gasteiger partial charge is 0.261 e. The molecule has 1 aromatic heterocycles. The van der Waals surface area contributed by atoms with Gasteiger partial charge < -0.3 is 16.0 Å². The lowest BCUT2D eigenvalue weighted by molar-refractivity contribution is 0.0946. The molecule has 1 saturated heterocycles. The van der Waals surface area contributed by atoms with E-state index in [0.717, 1.165) is 29.8 Å². The topological polar surface area (TPSA) is 70.2 Å². The van der Waals surface area contributed by atoms with Crippen LogP contribution in [-0.2, 0) is 0 Å². The first kappa shape index (κ1) is 22.4. The Morgan fingerprint density at radius 3 is 2.71 bits per heavy atom. The van der Waals surface area contributed by atoms with Gasteiger partial charge in [-0.15, -0.1) is 23.7 Å². The summed E-state index contributed by atoms with van der Waals surface area (Å²) in [5.41, 5.74) is 1.61. The highest BCUT2D eigenvalue weighted by Crippen LogP contribution is 2.28. The number of rotatable bonds is 8. The van der Waals surface area contributed by atoms with Gasteiger partial charge in [0.15, 0.2) is 0 Å². The second-order valence-corrected chi connectivity index (χ2v) is 7.92. The number of carbonyl (C=O) groups is 2. The third kappa shape index (κ3) is 6.06. The van der Waals surface area contributed by atoms with Gasteiger partial charge in [0.05, 0.1) is 4.88 Å². The summed E-state index contributed by atoms with van der Waals surface area (Å²) in [5, 5.41) is 9.35. The van der Waals surface area contributed by atoms with Crippen LogP contribution in [0.5, 0.6) is 0 Å². The molecule has 0 spiro atoms. The predicted octanol–water partition coefficient (Wildman–Crippen LogP) is 3.85. The molecule has 152 valence electrons. The SMILES string of the molecule is CCCNC(=O)c1ccc(-c2cccc(C(=O)NCC[C@H]3CCCN3)c2)s1.Cl. The average molecular weight is 422 g/mol. The van der Waals surface area contributed by atoms with Gasteiger partial charge in [-0.05, 0) is 62.1 Å². The number of nitrogens with one attached hydrogen (secondary N) is 3. The first-order chi connectivity index (χ1) is 13.2. The molecule has 2 aromatic rings. The van der Waals surface area contributed by atoms with Crippen molar-refractivity contribution in [3.05, 3.63) is 46.8 Å². The molecule has 0 unspecified atom stereocenters. The summed E-state index contributed by atoms with van der Waals surface area (Å²) in [5.74, 6) is -0.0881. The third-order valence-electron chi connectivity index (χ3n) is 4.72. The molecule has 0 bridgehead atoms. The van der Waals surface area contributed by atoms with Crippen LogP contribution in [0.3, 0.4) is 0 Å². The van der Waals surface area contributed by atoms with Gasteiger partial charge in [0.25, 0.3) is 11.8 Å². The quantitative estimate of drug-likeness (QED) is 0.606.